The van der Waals surface area contributed by atoms with Gasteiger partial charge in [-0.2, -0.15) is 0 Å². The van der Waals surface area contributed by atoms with Crippen molar-refractivity contribution >= 4 is 82.1 Å². The van der Waals surface area contributed by atoms with Gasteiger partial charge in [-0.15, -0.1) is 0 Å². The number of hydrogen-bond donors (Lipinski definition) is 0. The van der Waals surface area contributed by atoms with Crippen LogP contribution < -0.4 is 4.90 Å². The van der Waals surface area contributed by atoms with E-state index < -0.39 is 0 Å². The van der Waals surface area contributed by atoms with Gasteiger partial charge in [0.05, 0.1) is 5.69 Å². The first-order valence-electron chi connectivity index (χ1n) is 16.4. The number of furan rings is 1. The summed E-state index contributed by atoms with van der Waals surface area (Å²) in [4.78, 5) is 2.42. The van der Waals surface area contributed by atoms with Gasteiger partial charge in [-0.3, -0.25) is 0 Å². The lowest BCUT2D eigenvalue weighted by Gasteiger charge is -2.28. The summed E-state index contributed by atoms with van der Waals surface area (Å²) in [6.07, 6.45) is 0. The van der Waals surface area contributed by atoms with Crippen molar-refractivity contribution in [1.29, 1.82) is 0 Å². The zero-order valence-corrected chi connectivity index (χ0v) is 26.1. The molecule has 0 aliphatic heterocycles. The molecular weight excluding hydrogens is 583 g/mol. The highest BCUT2D eigenvalue weighted by Gasteiger charge is 2.19. The highest BCUT2D eigenvalue weighted by molar-refractivity contribution is 6.15. The molecule has 0 aliphatic rings. The zero-order chi connectivity index (χ0) is 31.6. The summed E-state index contributed by atoms with van der Waals surface area (Å²) in [7, 11) is 0. The molecule has 2 heteroatoms. The molecule has 0 N–H and O–H groups in total. The fourth-order valence-corrected chi connectivity index (χ4v) is 7.54. The third-order valence-electron chi connectivity index (χ3n) is 9.82. The Bertz CT molecular complexity index is 2840. The molecule has 10 rings (SSSR count). The van der Waals surface area contributed by atoms with Gasteiger partial charge in [-0.1, -0.05) is 140 Å². The SMILES string of the molecule is c1ccc2c(c1)ccc1ccc(N(c3ccc(-c4cccc5c4oc4ccccc45)cc3)c3cc4ccccc4c4ccccc34)cc12. The fraction of sp³-hybridized carbons (Fsp3) is 0. The van der Waals surface area contributed by atoms with Crippen LogP contribution in [0.1, 0.15) is 0 Å². The molecule has 1 heterocycles. The van der Waals surface area contributed by atoms with Crippen molar-refractivity contribution in [2.45, 2.75) is 0 Å². The minimum atomic E-state index is 0.912. The molecule has 224 valence electrons. The first-order valence-corrected chi connectivity index (χ1v) is 16.4. The van der Waals surface area contributed by atoms with Crippen molar-refractivity contribution in [2.75, 3.05) is 4.90 Å². The van der Waals surface area contributed by atoms with Crippen molar-refractivity contribution in [3.8, 4) is 11.1 Å². The van der Waals surface area contributed by atoms with Gasteiger partial charge < -0.3 is 9.32 Å². The average Bonchev–Trinajstić information content (AvgIpc) is 3.54. The summed E-state index contributed by atoms with van der Waals surface area (Å²) in [6, 6.07) is 63.4. The Morgan fingerprint density at radius 1 is 0.354 bits per heavy atom. The molecule has 0 saturated heterocycles. The molecule has 0 fully saturated rings. The Morgan fingerprint density at radius 3 is 1.75 bits per heavy atom. The lowest BCUT2D eigenvalue weighted by molar-refractivity contribution is 0.670. The molecule has 0 spiro atoms. The molecule has 1 aromatic heterocycles. The van der Waals surface area contributed by atoms with E-state index in [1.807, 2.05) is 12.1 Å². The Morgan fingerprint density at radius 2 is 0.938 bits per heavy atom. The summed E-state index contributed by atoms with van der Waals surface area (Å²) in [5, 5.41) is 12.2. The predicted octanol–water partition coefficient (Wildman–Crippen LogP) is 13.3. The summed E-state index contributed by atoms with van der Waals surface area (Å²) >= 11 is 0. The normalized spacial score (nSPS) is 11.8. The van der Waals surface area contributed by atoms with Crippen LogP contribution in [0, 0.1) is 0 Å². The second kappa shape index (κ2) is 10.6. The van der Waals surface area contributed by atoms with Gasteiger partial charge in [0.2, 0.25) is 0 Å². The average molecular weight is 612 g/mol. The quantitative estimate of drug-likeness (QED) is 0.184. The van der Waals surface area contributed by atoms with Crippen LogP contribution in [0.25, 0.3) is 76.2 Å². The topological polar surface area (TPSA) is 16.4 Å². The van der Waals surface area contributed by atoms with Crippen molar-refractivity contribution in [1.82, 2.24) is 0 Å². The Kier molecular flexibility index (Phi) is 5.91. The van der Waals surface area contributed by atoms with E-state index in [1.54, 1.807) is 0 Å². The third-order valence-corrected chi connectivity index (χ3v) is 9.82. The van der Waals surface area contributed by atoms with E-state index in [0.29, 0.717) is 0 Å². The molecule has 9 aromatic carbocycles. The first kappa shape index (κ1) is 26.8. The van der Waals surface area contributed by atoms with Crippen LogP contribution in [-0.4, -0.2) is 0 Å². The van der Waals surface area contributed by atoms with Gasteiger partial charge in [0.1, 0.15) is 11.2 Å². The van der Waals surface area contributed by atoms with Crippen LogP contribution in [0.15, 0.2) is 180 Å². The van der Waals surface area contributed by atoms with Gasteiger partial charge >= 0.3 is 0 Å². The van der Waals surface area contributed by atoms with Crippen LogP contribution in [0.2, 0.25) is 0 Å². The zero-order valence-electron chi connectivity index (χ0n) is 26.1. The highest BCUT2D eigenvalue weighted by Crippen LogP contribution is 2.44. The van der Waals surface area contributed by atoms with Crippen LogP contribution in [0.5, 0.6) is 0 Å². The van der Waals surface area contributed by atoms with Crippen LogP contribution in [0.3, 0.4) is 0 Å². The van der Waals surface area contributed by atoms with Crippen molar-refractivity contribution in [3.63, 3.8) is 0 Å². The molecule has 2 nitrogen and oxygen atoms in total. The van der Waals surface area contributed by atoms with Crippen molar-refractivity contribution in [2.24, 2.45) is 0 Å². The van der Waals surface area contributed by atoms with Gasteiger partial charge in [0.15, 0.2) is 0 Å². The largest absolute Gasteiger partial charge is 0.455 e. The molecule has 0 atom stereocenters. The number of para-hydroxylation sites is 2. The number of rotatable bonds is 4. The van der Waals surface area contributed by atoms with Crippen molar-refractivity contribution in [3.05, 3.63) is 176 Å². The first-order chi connectivity index (χ1) is 23.8. The van der Waals surface area contributed by atoms with E-state index in [2.05, 4.69) is 169 Å². The van der Waals surface area contributed by atoms with Crippen LogP contribution >= 0.6 is 0 Å². The minimum Gasteiger partial charge on any atom is -0.455 e. The van der Waals surface area contributed by atoms with Gasteiger partial charge in [-0.25, -0.2) is 0 Å². The molecule has 0 amide bonds. The number of nitrogens with zero attached hydrogens (tertiary/aromatic N) is 1. The van der Waals surface area contributed by atoms with E-state index in [4.69, 9.17) is 4.42 Å². The summed E-state index contributed by atoms with van der Waals surface area (Å²) in [5.41, 5.74) is 7.41. The molecule has 10 aromatic rings. The lowest BCUT2D eigenvalue weighted by atomic mass is 9.97. The molecule has 0 radical (unpaired) electrons. The van der Waals surface area contributed by atoms with E-state index in [1.165, 1.54) is 43.1 Å². The molecule has 0 aliphatic carbocycles. The van der Waals surface area contributed by atoms with E-state index in [9.17, 15) is 0 Å². The maximum Gasteiger partial charge on any atom is 0.143 e. The van der Waals surface area contributed by atoms with Crippen LogP contribution in [0.4, 0.5) is 17.1 Å². The summed E-state index contributed by atoms with van der Waals surface area (Å²) < 4.78 is 6.41. The second-order valence-electron chi connectivity index (χ2n) is 12.5. The Labute approximate surface area is 277 Å². The Hall–Kier alpha value is -6.38. The smallest absolute Gasteiger partial charge is 0.143 e. The molecule has 0 saturated carbocycles. The number of hydrogen-bond acceptors (Lipinski definition) is 2. The summed E-state index contributed by atoms with van der Waals surface area (Å²) in [6.45, 7) is 0. The van der Waals surface area contributed by atoms with Crippen LogP contribution in [-0.2, 0) is 0 Å². The van der Waals surface area contributed by atoms with Gasteiger partial charge in [-0.05, 0) is 79.7 Å². The highest BCUT2D eigenvalue weighted by atomic mass is 16.3. The predicted molar refractivity (Wildman–Crippen MR) is 204 cm³/mol. The maximum absolute atomic E-state index is 6.41. The molecule has 0 bridgehead atoms. The summed E-state index contributed by atoms with van der Waals surface area (Å²) in [5.74, 6) is 0. The number of benzene rings is 9. The number of fused-ring (bicyclic) bond motifs is 9. The minimum absolute atomic E-state index is 0.912. The molecule has 0 unspecified atom stereocenters. The number of anilines is 3. The fourth-order valence-electron chi connectivity index (χ4n) is 7.54. The standard InChI is InChI=1S/C46H29NO/c1-3-12-36-30(10-1)20-21-32-24-27-35(29-43(32)36)47(44-28-33-11-2-4-13-37(33)39-14-5-6-15-40(39)44)34-25-22-31(23-26-34)38-17-9-18-42-41-16-7-8-19-45(41)48-46(38)42/h1-29H. The van der Waals surface area contributed by atoms with E-state index in [-0.39, 0.29) is 0 Å². The monoisotopic (exact) mass is 611 g/mol. The molecule has 48 heavy (non-hydrogen) atoms. The van der Waals surface area contributed by atoms with Gasteiger partial charge in [0.25, 0.3) is 0 Å². The lowest BCUT2D eigenvalue weighted by Crippen LogP contribution is -2.10. The Balaban J connectivity index is 1.21. The second-order valence-corrected chi connectivity index (χ2v) is 12.5. The maximum atomic E-state index is 6.41. The van der Waals surface area contributed by atoms with E-state index in [0.717, 1.165) is 50.1 Å². The third kappa shape index (κ3) is 4.13. The van der Waals surface area contributed by atoms with Gasteiger partial charge in [0, 0.05) is 33.1 Å². The van der Waals surface area contributed by atoms with Crippen molar-refractivity contribution < 1.29 is 4.42 Å². The molecular formula is C46H29NO. The van der Waals surface area contributed by atoms with E-state index >= 15 is 0 Å².